The quantitative estimate of drug-likeness (QED) is 0.741. The van der Waals surface area contributed by atoms with Crippen LogP contribution in [0.2, 0.25) is 0 Å². The van der Waals surface area contributed by atoms with Crippen LogP contribution in [0.4, 0.5) is 0 Å². The van der Waals surface area contributed by atoms with E-state index in [1.54, 1.807) is 6.20 Å². The lowest BCUT2D eigenvalue weighted by atomic mass is 10.1. The molecule has 0 aliphatic heterocycles. The van der Waals surface area contributed by atoms with Crippen LogP contribution >= 0.6 is 0 Å². The van der Waals surface area contributed by atoms with E-state index >= 15 is 0 Å². The predicted octanol–water partition coefficient (Wildman–Crippen LogP) is 2.99. The van der Waals surface area contributed by atoms with Crippen molar-refractivity contribution in [1.29, 1.82) is 0 Å². The van der Waals surface area contributed by atoms with E-state index in [4.69, 9.17) is 0 Å². The van der Waals surface area contributed by atoms with Gasteiger partial charge < -0.3 is 4.57 Å². The zero-order valence-electron chi connectivity index (χ0n) is 8.80. The number of hydrogen-bond acceptors (Lipinski definition) is 1. The molecule has 2 nitrogen and oxygen atoms in total. The second-order valence-electron chi connectivity index (χ2n) is 3.51. The molecule has 0 saturated heterocycles. The Balaban J connectivity index is 2.06. The van der Waals surface area contributed by atoms with Crippen molar-refractivity contribution in [2.24, 2.45) is 0 Å². The predicted molar refractivity (Wildman–Crippen MR) is 62.3 cm³/mol. The number of aromatic nitrogens is 2. The first-order valence-corrected chi connectivity index (χ1v) is 5.05. The fraction of sp³-hybridized carbons (Fsp3) is 0.154. The van der Waals surface area contributed by atoms with Gasteiger partial charge in [-0.15, -0.1) is 0 Å². The van der Waals surface area contributed by atoms with Gasteiger partial charge in [0.15, 0.2) is 0 Å². The summed E-state index contributed by atoms with van der Waals surface area (Å²) in [6, 6.07) is 10.4. The number of nitrogens with zero attached hydrogens (tertiary/aromatic N) is 2. The summed E-state index contributed by atoms with van der Waals surface area (Å²) in [5, 5.41) is 0. The van der Waals surface area contributed by atoms with Crippen LogP contribution in [-0.4, -0.2) is 9.55 Å². The van der Waals surface area contributed by atoms with Crippen molar-refractivity contribution in [3.8, 4) is 0 Å². The maximum atomic E-state index is 4.02. The summed E-state index contributed by atoms with van der Waals surface area (Å²) >= 11 is 0. The van der Waals surface area contributed by atoms with E-state index in [1.807, 2.05) is 23.2 Å². The van der Waals surface area contributed by atoms with E-state index in [0.717, 1.165) is 6.42 Å². The summed E-state index contributed by atoms with van der Waals surface area (Å²) in [5.74, 6) is 0. The van der Waals surface area contributed by atoms with Crippen LogP contribution in [0.1, 0.15) is 12.5 Å². The maximum absolute atomic E-state index is 4.02. The lowest BCUT2D eigenvalue weighted by Crippen LogP contribution is -1.90. The lowest BCUT2D eigenvalue weighted by Gasteiger charge is -2.01. The maximum Gasteiger partial charge on any atom is 0.0988 e. The average Bonchev–Trinajstić information content (AvgIpc) is 2.81. The average molecular weight is 198 g/mol. The van der Waals surface area contributed by atoms with Gasteiger partial charge in [0, 0.05) is 18.1 Å². The molecule has 0 aliphatic carbocycles. The van der Waals surface area contributed by atoms with E-state index in [0.29, 0.717) is 0 Å². The molecule has 2 aromatic rings. The summed E-state index contributed by atoms with van der Waals surface area (Å²) < 4.78 is 2.02. The third-order valence-corrected chi connectivity index (χ3v) is 2.39. The zero-order valence-corrected chi connectivity index (χ0v) is 8.80. The molecule has 0 bridgehead atoms. The van der Waals surface area contributed by atoms with Gasteiger partial charge >= 0.3 is 0 Å². The van der Waals surface area contributed by atoms with Gasteiger partial charge in [0.2, 0.25) is 0 Å². The van der Waals surface area contributed by atoms with Crippen molar-refractivity contribution in [2.45, 2.75) is 13.3 Å². The van der Waals surface area contributed by atoms with Gasteiger partial charge in [0.05, 0.1) is 6.33 Å². The van der Waals surface area contributed by atoms with Crippen molar-refractivity contribution in [2.75, 3.05) is 0 Å². The van der Waals surface area contributed by atoms with E-state index in [1.165, 1.54) is 11.3 Å². The monoisotopic (exact) mass is 198 g/mol. The van der Waals surface area contributed by atoms with Crippen LogP contribution in [0.25, 0.3) is 5.70 Å². The molecule has 15 heavy (non-hydrogen) atoms. The lowest BCUT2D eigenvalue weighted by molar-refractivity contribution is 1.06. The van der Waals surface area contributed by atoms with Crippen LogP contribution in [0.5, 0.6) is 0 Å². The molecular formula is C13H14N2. The zero-order chi connectivity index (χ0) is 10.5. The molecule has 0 aliphatic rings. The Morgan fingerprint density at radius 1 is 1.33 bits per heavy atom. The number of hydrogen-bond donors (Lipinski definition) is 0. The molecule has 0 N–H and O–H groups in total. The fourth-order valence-electron chi connectivity index (χ4n) is 1.45. The van der Waals surface area contributed by atoms with Gasteiger partial charge in [-0.1, -0.05) is 36.4 Å². The first kappa shape index (κ1) is 9.71. The Labute approximate surface area is 89.9 Å². The number of rotatable bonds is 3. The summed E-state index contributed by atoms with van der Waals surface area (Å²) in [4.78, 5) is 4.02. The van der Waals surface area contributed by atoms with Crippen LogP contribution in [-0.2, 0) is 6.42 Å². The van der Waals surface area contributed by atoms with Crippen LogP contribution in [0, 0.1) is 0 Å². The highest BCUT2D eigenvalue weighted by atomic mass is 15.0. The summed E-state index contributed by atoms with van der Waals surface area (Å²) in [5.41, 5.74) is 2.54. The molecule has 0 amide bonds. The van der Waals surface area contributed by atoms with Gasteiger partial charge in [0.1, 0.15) is 0 Å². The Hall–Kier alpha value is -1.83. The molecule has 2 rings (SSSR count). The Morgan fingerprint density at radius 2 is 2.13 bits per heavy atom. The standard InChI is InChI=1S/C13H14N2/c1-12(15-10-9-14-11-15)7-8-13-5-3-2-4-6-13/h2-7,9-11H,8H2,1H3/b12-7-. The molecule has 0 saturated carbocycles. The molecule has 1 aromatic carbocycles. The number of imidazole rings is 1. The van der Waals surface area contributed by atoms with Gasteiger partial charge in [-0.2, -0.15) is 0 Å². The molecule has 76 valence electrons. The van der Waals surface area contributed by atoms with E-state index < -0.39 is 0 Å². The SMILES string of the molecule is C/C(=C/Cc1ccccc1)n1ccnc1. The molecule has 1 aromatic heterocycles. The van der Waals surface area contributed by atoms with Gasteiger partial charge in [-0.25, -0.2) is 4.98 Å². The topological polar surface area (TPSA) is 17.8 Å². The highest BCUT2D eigenvalue weighted by molar-refractivity contribution is 5.42. The van der Waals surface area contributed by atoms with Crippen molar-refractivity contribution < 1.29 is 0 Å². The first-order chi connectivity index (χ1) is 7.36. The van der Waals surface area contributed by atoms with Crippen LogP contribution in [0.15, 0.2) is 55.1 Å². The number of allylic oxidation sites excluding steroid dienone is 2. The Morgan fingerprint density at radius 3 is 2.80 bits per heavy atom. The molecule has 0 unspecified atom stereocenters. The molecular weight excluding hydrogens is 184 g/mol. The second kappa shape index (κ2) is 4.60. The minimum absolute atomic E-state index is 0.963. The van der Waals surface area contributed by atoms with Crippen LogP contribution < -0.4 is 0 Å². The van der Waals surface area contributed by atoms with E-state index in [2.05, 4.69) is 42.2 Å². The van der Waals surface area contributed by atoms with Gasteiger partial charge in [-0.3, -0.25) is 0 Å². The fourth-order valence-corrected chi connectivity index (χ4v) is 1.45. The van der Waals surface area contributed by atoms with E-state index in [-0.39, 0.29) is 0 Å². The smallest absolute Gasteiger partial charge is 0.0988 e. The molecule has 1 heterocycles. The highest BCUT2D eigenvalue weighted by Gasteiger charge is 1.92. The highest BCUT2D eigenvalue weighted by Crippen LogP contribution is 2.06. The van der Waals surface area contributed by atoms with E-state index in [9.17, 15) is 0 Å². The van der Waals surface area contributed by atoms with Gasteiger partial charge in [0.25, 0.3) is 0 Å². The first-order valence-electron chi connectivity index (χ1n) is 5.05. The van der Waals surface area contributed by atoms with Crippen LogP contribution in [0.3, 0.4) is 0 Å². The molecule has 0 atom stereocenters. The second-order valence-corrected chi connectivity index (χ2v) is 3.51. The third-order valence-electron chi connectivity index (χ3n) is 2.39. The Bertz CT molecular complexity index is 427. The molecule has 0 spiro atoms. The largest absolute Gasteiger partial charge is 0.311 e. The Kier molecular flexibility index (Phi) is 2.98. The van der Waals surface area contributed by atoms with Crippen molar-refractivity contribution >= 4 is 5.70 Å². The molecule has 0 radical (unpaired) electrons. The molecule has 2 heteroatoms. The normalized spacial score (nSPS) is 11.7. The molecule has 0 fully saturated rings. The number of benzene rings is 1. The summed E-state index contributed by atoms with van der Waals surface area (Å²) in [7, 11) is 0. The third kappa shape index (κ3) is 2.56. The minimum atomic E-state index is 0.963. The van der Waals surface area contributed by atoms with Gasteiger partial charge in [-0.05, 0) is 18.9 Å². The minimum Gasteiger partial charge on any atom is -0.311 e. The van der Waals surface area contributed by atoms with Crippen molar-refractivity contribution in [3.63, 3.8) is 0 Å². The van der Waals surface area contributed by atoms with Crippen molar-refractivity contribution in [3.05, 3.63) is 60.7 Å². The summed E-state index contributed by atoms with van der Waals surface area (Å²) in [6.07, 6.45) is 8.73. The summed E-state index contributed by atoms with van der Waals surface area (Å²) in [6.45, 7) is 2.09. The van der Waals surface area contributed by atoms with Crippen molar-refractivity contribution in [1.82, 2.24) is 9.55 Å².